The first-order chi connectivity index (χ1) is 15.7. The Labute approximate surface area is 202 Å². The first-order valence-corrected chi connectivity index (χ1v) is 13.0. The van der Waals surface area contributed by atoms with E-state index in [1.54, 1.807) is 6.92 Å². The zero-order valence-electron chi connectivity index (χ0n) is 20.6. The molecule has 2 amide bonds. The lowest BCUT2D eigenvalue weighted by Crippen LogP contribution is -2.55. The highest BCUT2D eigenvalue weighted by molar-refractivity contribution is 7.92. The second-order valence-corrected chi connectivity index (χ2v) is 11.3. The van der Waals surface area contributed by atoms with Gasteiger partial charge in [0, 0.05) is 12.1 Å². The molecule has 0 radical (unpaired) electrons. The van der Waals surface area contributed by atoms with Gasteiger partial charge in [-0.3, -0.25) is 13.9 Å². The summed E-state index contributed by atoms with van der Waals surface area (Å²) in [6.07, 6.45) is 1.33. The average Bonchev–Trinajstić information content (AvgIpc) is 2.70. The van der Waals surface area contributed by atoms with Gasteiger partial charge in [0.1, 0.15) is 18.4 Å². The number of anilines is 1. The Morgan fingerprint density at radius 1 is 1.09 bits per heavy atom. The summed E-state index contributed by atoms with van der Waals surface area (Å²) in [4.78, 5) is 28.1. The summed E-state index contributed by atoms with van der Waals surface area (Å²) in [6.45, 7) is 8.91. The van der Waals surface area contributed by atoms with Crippen LogP contribution in [0.3, 0.4) is 0 Å². The molecule has 7 nitrogen and oxygen atoms in total. The van der Waals surface area contributed by atoms with Gasteiger partial charge in [-0.25, -0.2) is 12.8 Å². The Morgan fingerprint density at radius 3 is 2.21 bits per heavy atom. The Morgan fingerprint density at radius 2 is 1.71 bits per heavy atom. The molecule has 0 aromatic heterocycles. The van der Waals surface area contributed by atoms with Gasteiger partial charge < -0.3 is 10.2 Å². The number of carbonyl (C=O) groups excluding carboxylic acids is 2. The molecule has 0 aliphatic carbocycles. The van der Waals surface area contributed by atoms with E-state index >= 15 is 0 Å². The van der Waals surface area contributed by atoms with Gasteiger partial charge in [0.15, 0.2) is 0 Å². The van der Waals surface area contributed by atoms with E-state index < -0.39 is 39.9 Å². The zero-order valence-corrected chi connectivity index (χ0v) is 21.4. The van der Waals surface area contributed by atoms with Crippen molar-refractivity contribution in [2.45, 2.75) is 59.2 Å². The average molecular weight is 492 g/mol. The van der Waals surface area contributed by atoms with Crippen molar-refractivity contribution in [1.29, 1.82) is 0 Å². The smallest absolute Gasteiger partial charge is 0.244 e. The lowest BCUT2D eigenvalue weighted by Gasteiger charge is -2.34. The summed E-state index contributed by atoms with van der Waals surface area (Å²) in [5, 5.41) is 2.92. The van der Waals surface area contributed by atoms with E-state index in [1.165, 1.54) is 17.0 Å². The van der Waals surface area contributed by atoms with Gasteiger partial charge in [-0.15, -0.1) is 0 Å². The third kappa shape index (κ3) is 7.83. The first kappa shape index (κ1) is 27.3. The molecule has 0 aliphatic rings. The molecular weight excluding hydrogens is 457 g/mol. The lowest BCUT2D eigenvalue weighted by atomic mass is 10.0. The molecule has 0 heterocycles. The van der Waals surface area contributed by atoms with Crippen molar-refractivity contribution in [3.05, 3.63) is 65.5 Å². The van der Waals surface area contributed by atoms with Crippen molar-refractivity contribution in [3.63, 3.8) is 0 Å². The molecule has 0 fully saturated rings. The van der Waals surface area contributed by atoms with Crippen LogP contribution >= 0.6 is 0 Å². The zero-order chi connectivity index (χ0) is 25.7. The van der Waals surface area contributed by atoms with E-state index in [4.69, 9.17) is 0 Å². The second-order valence-electron chi connectivity index (χ2n) is 9.42. The minimum atomic E-state index is -3.86. The highest BCUT2D eigenvalue weighted by atomic mass is 32.2. The second kappa shape index (κ2) is 11.0. The Hall–Kier alpha value is -2.94. The molecule has 2 aromatic carbocycles. The molecule has 0 aliphatic heterocycles. The molecule has 186 valence electrons. The van der Waals surface area contributed by atoms with Crippen molar-refractivity contribution in [1.82, 2.24) is 10.2 Å². The van der Waals surface area contributed by atoms with E-state index in [2.05, 4.69) is 5.32 Å². The van der Waals surface area contributed by atoms with Crippen LogP contribution in [0.2, 0.25) is 0 Å². The van der Waals surface area contributed by atoms with Crippen LogP contribution < -0.4 is 9.62 Å². The van der Waals surface area contributed by atoms with E-state index in [0.29, 0.717) is 6.42 Å². The van der Waals surface area contributed by atoms with Crippen molar-refractivity contribution >= 4 is 27.5 Å². The molecular formula is C25H34FN3O4S. The van der Waals surface area contributed by atoms with Gasteiger partial charge in [0.05, 0.1) is 11.9 Å². The maximum absolute atomic E-state index is 13.6. The summed E-state index contributed by atoms with van der Waals surface area (Å²) in [5.74, 6) is -1.37. The van der Waals surface area contributed by atoms with Gasteiger partial charge in [0.25, 0.3) is 0 Å². The van der Waals surface area contributed by atoms with Gasteiger partial charge in [-0.2, -0.15) is 0 Å². The van der Waals surface area contributed by atoms with E-state index in [1.807, 2.05) is 52.0 Å². The highest BCUT2D eigenvalue weighted by Crippen LogP contribution is 2.20. The minimum absolute atomic E-state index is 0.137. The van der Waals surface area contributed by atoms with Crippen LogP contribution in [0.4, 0.5) is 10.1 Å². The Bertz CT molecular complexity index is 1110. The van der Waals surface area contributed by atoms with Gasteiger partial charge in [-0.1, -0.05) is 36.8 Å². The fraction of sp³-hybridized carbons (Fsp3) is 0.440. The Balaban J connectivity index is 2.45. The molecule has 0 saturated carbocycles. The van der Waals surface area contributed by atoms with Crippen LogP contribution in [0.1, 0.15) is 45.2 Å². The molecule has 1 atom stereocenters. The van der Waals surface area contributed by atoms with Crippen molar-refractivity contribution < 1.29 is 22.4 Å². The van der Waals surface area contributed by atoms with Crippen LogP contribution in [0.25, 0.3) is 0 Å². The number of halogens is 1. The summed E-state index contributed by atoms with van der Waals surface area (Å²) >= 11 is 0. The number of aryl methyl sites for hydroxylation is 1. The van der Waals surface area contributed by atoms with Crippen LogP contribution in [0, 0.1) is 12.7 Å². The number of nitrogens with one attached hydrogen (secondary N) is 1. The molecule has 2 rings (SSSR count). The van der Waals surface area contributed by atoms with Crippen LogP contribution in [0.5, 0.6) is 0 Å². The third-order valence-electron chi connectivity index (χ3n) is 5.11. The monoisotopic (exact) mass is 491 g/mol. The fourth-order valence-corrected chi connectivity index (χ4v) is 4.45. The van der Waals surface area contributed by atoms with Crippen LogP contribution in [-0.4, -0.2) is 49.5 Å². The molecule has 0 bridgehead atoms. The maximum Gasteiger partial charge on any atom is 0.244 e. The van der Waals surface area contributed by atoms with Crippen molar-refractivity contribution in [3.8, 4) is 0 Å². The first-order valence-electron chi connectivity index (χ1n) is 11.1. The third-order valence-corrected chi connectivity index (χ3v) is 6.25. The van der Waals surface area contributed by atoms with Gasteiger partial charge >= 0.3 is 0 Å². The van der Waals surface area contributed by atoms with Crippen LogP contribution in [0.15, 0.2) is 48.5 Å². The molecule has 0 spiro atoms. The summed E-state index contributed by atoms with van der Waals surface area (Å²) < 4.78 is 39.4. The standard InChI is InChI=1S/C25H34FN3O4S/c1-7-22(24(31)27-25(3,4)5)28(16-19-10-8-9-18(2)15-19)23(30)17-29(34(6,32)33)21-13-11-20(26)12-14-21/h8-15,22H,7,16-17H2,1-6H3,(H,27,31)/t22-/m0/s1. The quantitative estimate of drug-likeness (QED) is 0.581. The number of hydrogen-bond donors (Lipinski definition) is 1. The molecule has 2 aromatic rings. The summed E-state index contributed by atoms with van der Waals surface area (Å²) in [6, 6.07) is 11.6. The number of benzene rings is 2. The fourth-order valence-electron chi connectivity index (χ4n) is 3.60. The Kier molecular flexibility index (Phi) is 8.83. The van der Waals surface area contributed by atoms with Crippen molar-refractivity contribution in [2.24, 2.45) is 0 Å². The predicted molar refractivity (Wildman–Crippen MR) is 132 cm³/mol. The topological polar surface area (TPSA) is 86.8 Å². The van der Waals surface area contributed by atoms with Gasteiger partial charge in [-0.05, 0) is 63.9 Å². The number of nitrogens with zero attached hydrogens (tertiary/aromatic N) is 2. The molecule has 9 heteroatoms. The minimum Gasteiger partial charge on any atom is -0.350 e. The highest BCUT2D eigenvalue weighted by Gasteiger charge is 2.33. The predicted octanol–water partition coefficient (Wildman–Crippen LogP) is 3.62. The number of carbonyl (C=O) groups is 2. The SMILES string of the molecule is CC[C@@H](C(=O)NC(C)(C)C)N(Cc1cccc(C)c1)C(=O)CN(c1ccc(F)cc1)S(C)(=O)=O. The molecule has 1 N–H and O–H groups in total. The largest absolute Gasteiger partial charge is 0.350 e. The van der Waals surface area contributed by atoms with E-state index in [9.17, 15) is 22.4 Å². The summed E-state index contributed by atoms with van der Waals surface area (Å²) in [7, 11) is -3.86. The lowest BCUT2D eigenvalue weighted by molar-refractivity contribution is -0.141. The van der Waals surface area contributed by atoms with Crippen LogP contribution in [-0.2, 0) is 26.2 Å². The number of rotatable bonds is 9. The number of sulfonamides is 1. The number of amides is 2. The molecule has 34 heavy (non-hydrogen) atoms. The van der Waals surface area contributed by atoms with Crippen molar-refractivity contribution in [2.75, 3.05) is 17.1 Å². The maximum atomic E-state index is 13.6. The summed E-state index contributed by atoms with van der Waals surface area (Å²) in [5.41, 5.74) is 1.49. The molecule has 0 unspecified atom stereocenters. The molecule has 0 saturated heterocycles. The van der Waals surface area contributed by atoms with E-state index in [-0.39, 0.29) is 18.1 Å². The van der Waals surface area contributed by atoms with E-state index in [0.717, 1.165) is 33.8 Å². The van der Waals surface area contributed by atoms with Gasteiger partial charge in [0.2, 0.25) is 21.8 Å². The number of hydrogen-bond acceptors (Lipinski definition) is 4. The normalized spacial score (nSPS) is 12.7.